The smallest absolute Gasteiger partial charge is 0.132 e. The summed E-state index contributed by atoms with van der Waals surface area (Å²) in [4.78, 5) is 11.2. The van der Waals surface area contributed by atoms with Crippen molar-refractivity contribution in [3.63, 3.8) is 0 Å². The Morgan fingerprint density at radius 1 is 1.07 bits per heavy atom. The third-order valence-electron chi connectivity index (χ3n) is 3.63. The Kier molecular flexibility index (Phi) is 2.31. The van der Waals surface area contributed by atoms with Gasteiger partial charge in [-0.15, -0.1) is 0 Å². The second-order valence-electron chi connectivity index (χ2n) is 4.62. The van der Waals surface area contributed by atoms with Crippen molar-refractivity contribution in [1.82, 2.24) is 9.97 Å². The van der Waals surface area contributed by atoms with Gasteiger partial charge in [0.1, 0.15) is 12.1 Å². The van der Waals surface area contributed by atoms with Gasteiger partial charge in [-0.25, -0.2) is 9.97 Å². The summed E-state index contributed by atoms with van der Waals surface area (Å²) in [6.07, 6.45) is 8.35. The molecule has 1 aliphatic carbocycles. The van der Waals surface area contributed by atoms with E-state index in [1.165, 1.54) is 50.9 Å². The summed E-state index contributed by atoms with van der Waals surface area (Å²) in [5, 5.41) is 0. The molecule has 3 rings (SSSR count). The van der Waals surface area contributed by atoms with E-state index >= 15 is 0 Å². The molecule has 0 N–H and O–H groups in total. The van der Waals surface area contributed by atoms with Crippen LogP contribution in [-0.2, 0) is 0 Å². The Hall–Kier alpha value is -1.12. The third kappa shape index (κ3) is 1.71. The van der Waals surface area contributed by atoms with E-state index in [0.717, 1.165) is 5.82 Å². The third-order valence-corrected chi connectivity index (χ3v) is 3.63. The molecule has 0 amide bonds. The molecule has 2 heterocycles. The lowest BCUT2D eigenvalue weighted by atomic mass is 9.83. The fourth-order valence-corrected chi connectivity index (χ4v) is 2.41. The van der Waals surface area contributed by atoms with Crippen molar-refractivity contribution in [3.05, 3.63) is 18.1 Å². The van der Waals surface area contributed by atoms with Crippen LogP contribution in [0.25, 0.3) is 0 Å². The zero-order valence-corrected chi connectivity index (χ0v) is 9.02. The Morgan fingerprint density at radius 2 is 1.87 bits per heavy atom. The molecular weight excluding hydrogens is 186 g/mol. The molecule has 0 bridgehead atoms. The number of nitrogens with zero attached hydrogens (tertiary/aromatic N) is 3. The van der Waals surface area contributed by atoms with E-state index in [1.807, 2.05) is 0 Å². The van der Waals surface area contributed by atoms with Gasteiger partial charge in [-0.3, -0.25) is 0 Å². The first-order valence-corrected chi connectivity index (χ1v) is 6.00. The minimum Gasteiger partial charge on any atom is -0.357 e. The van der Waals surface area contributed by atoms with Gasteiger partial charge in [0.2, 0.25) is 0 Å². The van der Waals surface area contributed by atoms with Crippen LogP contribution in [-0.4, -0.2) is 23.1 Å². The van der Waals surface area contributed by atoms with Crippen molar-refractivity contribution in [1.29, 1.82) is 0 Å². The zero-order chi connectivity index (χ0) is 10.1. The average molecular weight is 203 g/mol. The first-order valence-electron chi connectivity index (χ1n) is 6.00. The summed E-state index contributed by atoms with van der Waals surface area (Å²) in [6.45, 7) is 2.34. The van der Waals surface area contributed by atoms with Gasteiger partial charge in [-0.1, -0.05) is 6.42 Å². The van der Waals surface area contributed by atoms with Gasteiger partial charge < -0.3 is 4.90 Å². The highest BCUT2D eigenvalue weighted by Gasteiger charge is 2.22. The topological polar surface area (TPSA) is 29.0 Å². The van der Waals surface area contributed by atoms with E-state index in [-0.39, 0.29) is 0 Å². The molecule has 1 saturated heterocycles. The molecule has 1 aliphatic heterocycles. The minimum absolute atomic E-state index is 0.717. The molecule has 0 radical (unpaired) electrons. The van der Waals surface area contributed by atoms with Gasteiger partial charge in [0, 0.05) is 30.8 Å². The van der Waals surface area contributed by atoms with Crippen LogP contribution in [0.3, 0.4) is 0 Å². The van der Waals surface area contributed by atoms with E-state index in [1.54, 1.807) is 6.33 Å². The summed E-state index contributed by atoms with van der Waals surface area (Å²) in [6, 6.07) is 2.20. The summed E-state index contributed by atoms with van der Waals surface area (Å²) in [7, 11) is 0. The van der Waals surface area contributed by atoms with Gasteiger partial charge in [-0.2, -0.15) is 0 Å². The van der Waals surface area contributed by atoms with Crippen LogP contribution < -0.4 is 4.90 Å². The lowest BCUT2D eigenvalue weighted by molar-refractivity contribution is 0.410. The summed E-state index contributed by atoms with van der Waals surface area (Å²) in [5.74, 6) is 1.86. The monoisotopic (exact) mass is 203 g/mol. The second kappa shape index (κ2) is 3.80. The number of hydrogen-bond acceptors (Lipinski definition) is 3. The molecule has 2 aliphatic rings. The Morgan fingerprint density at radius 3 is 2.53 bits per heavy atom. The quantitative estimate of drug-likeness (QED) is 0.738. The molecule has 0 atom stereocenters. The summed E-state index contributed by atoms with van der Waals surface area (Å²) in [5.41, 5.74) is 1.26. The summed E-state index contributed by atoms with van der Waals surface area (Å²) >= 11 is 0. The minimum atomic E-state index is 0.717. The van der Waals surface area contributed by atoms with Crippen molar-refractivity contribution >= 4 is 5.82 Å². The van der Waals surface area contributed by atoms with Crippen molar-refractivity contribution in [3.8, 4) is 0 Å². The van der Waals surface area contributed by atoms with Gasteiger partial charge in [-0.05, 0) is 25.7 Å². The van der Waals surface area contributed by atoms with E-state index in [2.05, 4.69) is 20.9 Å². The second-order valence-corrected chi connectivity index (χ2v) is 4.62. The number of aromatic nitrogens is 2. The highest BCUT2D eigenvalue weighted by Crippen LogP contribution is 2.36. The molecule has 0 spiro atoms. The molecule has 0 aromatic carbocycles. The molecule has 15 heavy (non-hydrogen) atoms. The van der Waals surface area contributed by atoms with E-state index in [0.29, 0.717) is 5.92 Å². The van der Waals surface area contributed by atoms with Crippen molar-refractivity contribution in [2.45, 2.75) is 38.0 Å². The Bertz CT molecular complexity index is 340. The molecule has 3 nitrogen and oxygen atoms in total. The van der Waals surface area contributed by atoms with Crippen LogP contribution >= 0.6 is 0 Å². The molecule has 1 aromatic heterocycles. The molecular formula is C12H17N3. The molecule has 1 saturated carbocycles. The standard InChI is InChI=1S/C12H17N3/c1-2-7-15(6-1)12-8-11(13-9-14-12)10-4-3-5-10/h8-10H,1-7H2. The maximum atomic E-state index is 4.40. The van der Waals surface area contributed by atoms with Crippen molar-refractivity contribution < 1.29 is 0 Å². The predicted molar refractivity (Wildman–Crippen MR) is 60.1 cm³/mol. The van der Waals surface area contributed by atoms with Gasteiger partial charge in [0.25, 0.3) is 0 Å². The zero-order valence-electron chi connectivity index (χ0n) is 9.02. The van der Waals surface area contributed by atoms with Gasteiger partial charge in [0.05, 0.1) is 0 Å². The van der Waals surface area contributed by atoms with Gasteiger partial charge >= 0.3 is 0 Å². The fraction of sp³-hybridized carbons (Fsp3) is 0.667. The normalized spacial score (nSPS) is 21.7. The molecule has 0 unspecified atom stereocenters. The first-order chi connectivity index (χ1) is 7.43. The van der Waals surface area contributed by atoms with Crippen LogP contribution in [0.1, 0.15) is 43.7 Å². The maximum absolute atomic E-state index is 4.40. The van der Waals surface area contributed by atoms with Crippen molar-refractivity contribution in [2.75, 3.05) is 18.0 Å². The number of rotatable bonds is 2. The maximum Gasteiger partial charge on any atom is 0.132 e. The predicted octanol–water partition coefficient (Wildman–Crippen LogP) is 2.34. The largest absolute Gasteiger partial charge is 0.357 e. The van der Waals surface area contributed by atoms with E-state index in [9.17, 15) is 0 Å². The van der Waals surface area contributed by atoms with E-state index < -0.39 is 0 Å². The van der Waals surface area contributed by atoms with Crippen LogP contribution in [0.4, 0.5) is 5.82 Å². The lowest BCUT2D eigenvalue weighted by Crippen LogP contribution is -2.20. The van der Waals surface area contributed by atoms with Crippen molar-refractivity contribution in [2.24, 2.45) is 0 Å². The Balaban J connectivity index is 1.81. The van der Waals surface area contributed by atoms with Crippen LogP contribution in [0.5, 0.6) is 0 Å². The molecule has 3 heteroatoms. The lowest BCUT2D eigenvalue weighted by Gasteiger charge is -2.25. The number of hydrogen-bond donors (Lipinski definition) is 0. The average Bonchev–Trinajstić information content (AvgIpc) is 2.68. The van der Waals surface area contributed by atoms with Gasteiger partial charge in [0.15, 0.2) is 0 Å². The van der Waals surface area contributed by atoms with Crippen LogP contribution in [0, 0.1) is 0 Å². The first kappa shape index (κ1) is 9.13. The van der Waals surface area contributed by atoms with E-state index in [4.69, 9.17) is 0 Å². The number of anilines is 1. The summed E-state index contributed by atoms with van der Waals surface area (Å²) < 4.78 is 0. The SMILES string of the molecule is c1nc(C2CCC2)cc(N2CCCC2)n1. The Labute approximate surface area is 90.5 Å². The van der Waals surface area contributed by atoms with Crippen LogP contribution in [0.2, 0.25) is 0 Å². The molecule has 80 valence electrons. The highest BCUT2D eigenvalue weighted by atomic mass is 15.2. The molecule has 2 fully saturated rings. The van der Waals surface area contributed by atoms with Crippen LogP contribution in [0.15, 0.2) is 12.4 Å². The fourth-order valence-electron chi connectivity index (χ4n) is 2.41. The molecule has 1 aromatic rings. The highest BCUT2D eigenvalue weighted by molar-refractivity contribution is 5.40.